The maximum Gasteiger partial charge on any atom is 0.392 e. The number of Topliss-reactive ketones (excluding diaryl/α,β-unsaturated/α-hetero) is 1. The quantitative estimate of drug-likeness (QED) is 0.0861. The Morgan fingerprint density at radius 2 is 1.18 bits per heavy atom. The van der Waals surface area contributed by atoms with Crippen molar-refractivity contribution in [3.8, 4) is 16.9 Å². The molecule has 0 heterocycles. The number of fused-ring (bicyclic) bond motifs is 2. The number of hydrogen-bond donors (Lipinski definition) is 3. The number of benzene rings is 5. The highest BCUT2D eigenvalue weighted by atomic mass is 16.5. The standard InChI is InChI=1S/C16H10O4.C15H10O5/c17-15(18)12-6-5-11-7-9-3-1-2-4-10(9)8-13(11)14(12)16(19)20;16-13(14(17)18)15(19)20-12-9-5-4-8-11(12)10-6-2-1-3-7-10/h1-8H,(H,17,18)(H,19,20);1-9H,(H,17,18). The number of aromatic carboxylic acids is 2. The van der Waals surface area contributed by atoms with Crippen molar-refractivity contribution in [2.24, 2.45) is 0 Å². The number of esters is 1. The van der Waals surface area contributed by atoms with Crippen LogP contribution in [0, 0.1) is 0 Å². The number of para-hydroxylation sites is 1. The summed E-state index contributed by atoms with van der Waals surface area (Å²) in [6.07, 6.45) is 0. The number of rotatable bonds is 6. The van der Waals surface area contributed by atoms with Gasteiger partial charge in [-0.15, -0.1) is 0 Å². The Hall–Kier alpha value is -5.83. The molecule has 198 valence electrons. The number of hydrogen-bond acceptors (Lipinski definition) is 6. The van der Waals surface area contributed by atoms with Gasteiger partial charge in [-0.1, -0.05) is 78.9 Å². The van der Waals surface area contributed by atoms with E-state index in [0.717, 1.165) is 16.3 Å². The molecule has 5 aromatic rings. The number of aliphatic carboxylic acids is 1. The molecular formula is C31H20O9. The first-order valence-electron chi connectivity index (χ1n) is 11.7. The summed E-state index contributed by atoms with van der Waals surface area (Å²) in [5, 5.41) is 29.9. The van der Waals surface area contributed by atoms with Crippen molar-refractivity contribution >= 4 is 51.2 Å². The van der Waals surface area contributed by atoms with E-state index in [-0.39, 0.29) is 16.9 Å². The molecule has 0 aromatic heterocycles. The largest absolute Gasteiger partial charge is 0.478 e. The lowest BCUT2D eigenvalue weighted by Crippen LogP contribution is -2.27. The molecule has 9 heteroatoms. The molecule has 0 aliphatic heterocycles. The molecule has 0 radical (unpaired) electrons. The second kappa shape index (κ2) is 11.7. The Kier molecular flexibility index (Phi) is 7.96. The van der Waals surface area contributed by atoms with Crippen molar-refractivity contribution in [1.82, 2.24) is 0 Å². The van der Waals surface area contributed by atoms with E-state index in [1.165, 1.54) is 12.1 Å². The first-order chi connectivity index (χ1) is 19.2. The molecule has 0 atom stereocenters. The molecule has 9 nitrogen and oxygen atoms in total. The number of carbonyl (C=O) groups excluding carboxylic acids is 2. The van der Waals surface area contributed by atoms with Crippen LogP contribution in [0.5, 0.6) is 5.75 Å². The third-order valence-corrected chi connectivity index (χ3v) is 5.88. The van der Waals surface area contributed by atoms with E-state index in [0.29, 0.717) is 16.3 Å². The van der Waals surface area contributed by atoms with Gasteiger partial charge in [0.05, 0.1) is 11.1 Å². The van der Waals surface area contributed by atoms with E-state index in [9.17, 15) is 29.1 Å². The average Bonchev–Trinajstić information content (AvgIpc) is 2.95. The number of ether oxygens (including phenoxy) is 1. The van der Waals surface area contributed by atoms with Crippen molar-refractivity contribution in [1.29, 1.82) is 0 Å². The predicted molar refractivity (Wildman–Crippen MR) is 146 cm³/mol. The fourth-order valence-electron chi connectivity index (χ4n) is 4.07. The van der Waals surface area contributed by atoms with E-state index in [2.05, 4.69) is 0 Å². The number of carboxylic acids is 3. The van der Waals surface area contributed by atoms with Gasteiger partial charge in [0.25, 0.3) is 0 Å². The Morgan fingerprint density at radius 1 is 0.575 bits per heavy atom. The van der Waals surface area contributed by atoms with Gasteiger partial charge < -0.3 is 20.1 Å². The van der Waals surface area contributed by atoms with Gasteiger partial charge in [-0.05, 0) is 51.4 Å². The van der Waals surface area contributed by atoms with Crippen LogP contribution in [0.1, 0.15) is 20.7 Å². The lowest BCUT2D eigenvalue weighted by molar-refractivity contribution is -0.157. The summed E-state index contributed by atoms with van der Waals surface area (Å²) in [5.74, 6) is -7.19. The molecule has 3 N–H and O–H groups in total. The van der Waals surface area contributed by atoms with Crippen LogP contribution in [-0.4, -0.2) is 45.0 Å². The van der Waals surface area contributed by atoms with Gasteiger partial charge in [-0.3, -0.25) is 4.79 Å². The predicted octanol–water partition coefficient (Wildman–Crippen LogP) is 5.30. The molecule has 0 fully saturated rings. The summed E-state index contributed by atoms with van der Waals surface area (Å²) in [4.78, 5) is 55.4. The third-order valence-electron chi connectivity index (χ3n) is 5.88. The van der Waals surface area contributed by atoms with Crippen LogP contribution in [0.4, 0.5) is 0 Å². The van der Waals surface area contributed by atoms with E-state index >= 15 is 0 Å². The van der Waals surface area contributed by atoms with Crippen LogP contribution in [0.3, 0.4) is 0 Å². The fourth-order valence-corrected chi connectivity index (χ4v) is 4.07. The maximum atomic E-state index is 11.4. The highest BCUT2D eigenvalue weighted by Gasteiger charge is 2.25. The van der Waals surface area contributed by atoms with E-state index < -0.39 is 29.7 Å². The molecule has 0 spiro atoms. The van der Waals surface area contributed by atoms with Crippen LogP contribution in [0.25, 0.3) is 32.7 Å². The van der Waals surface area contributed by atoms with Crippen LogP contribution in [-0.2, 0) is 14.4 Å². The van der Waals surface area contributed by atoms with Gasteiger partial charge >= 0.3 is 29.7 Å². The Labute approximate surface area is 226 Å². The zero-order valence-corrected chi connectivity index (χ0v) is 20.6. The minimum absolute atomic E-state index is 0.137. The van der Waals surface area contributed by atoms with Gasteiger partial charge in [0.2, 0.25) is 0 Å². The van der Waals surface area contributed by atoms with Gasteiger partial charge in [0.15, 0.2) is 0 Å². The zero-order valence-electron chi connectivity index (χ0n) is 20.6. The SMILES string of the molecule is O=C(O)C(=O)C(=O)Oc1ccccc1-c1ccccc1.O=C(O)c1ccc2cc3ccccc3cc2c1C(=O)O. The van der Waals surface area contributed by atoms with Crippen molar-refractivity contribution in [2.45, 2.75) is 0 Å². The van der Waals surface area contributed by atoms with Crippen molar-refractivity contribution in [3.63, 3.8) is 0 Å². The molecule has 0 amide bonds. The number of ketones is 1. The Morgan fingerprint density at radius 3 is 1.80 bits per heavy atom. The molecule has 0 saturated carbocycles. The normalized spacial score (nSPS) is 10.3. The highest BCUT2D eigenvalue weighted by molar-refractivity contribution is 6.60. The smallest absolute Gasteiger partial charge is 0.392 e. The van der Waals surface area contributed by atoms with E-state index in [4.69, 9.17) is 14.9 Å². The highest BCUT2D eigenvalue weighted by Crippen LogP contribution is 2.30. The van der Waals surface area contributed by atoms with Crippen LogP contribution in [0.2, 0.25) is 0 Å². The molecule has 0 aliphatic rings. The monoisotopic (exact) mass is 536 g/mol. The molecule has 5 aromatic carbocycles. The lowest BCUT2D eigenvalue weighted by atomic mass is 9.96. The maximum absolute atomic E-state index is 11.4. The van der Waals surface area contributed by atoms with Crippen molar-refractivity contribution in [3.05, 3.63) is 114 Å². The first kappa shape index (κ1) is 27.2. The summed E-state index contributed by atoms with van der Waals surface area (Å²) in [6, 6.07) is 29.8. The summed E-state index contributed by atoms with van der Waals surface area (Å²) in [7, 11) is 0. The van der Waals surface area contributed by atoms with Crippen molar-refractivity contribution in [2.75, 3.05) is 0 Å². The second-order valence-corrected chi connectivity index (χ2v) is 8.40. The van der Waals surface area contributed by atoms with Gasteiger partial charge in [-0.25, -0.2) is 19.2 Å². The fraction of sp³-hybridized carbons (Fsp3) is 0. The number of carbonyl (C=O) groups is 5. The summed E-state index contributed by atoms with van der Waals surface area (Å²) in [6.45, 7) is 0. The molecular weight excluding hydrogens is 516 g/mol. The van der Waals surface area contributed by atoms with Crippen LogP contribution >= 0.6 is 0 Å². The van der Waals surface area contributed by atoms with Crippen LogP contribution in [0.15, 0.2) is 103 Å². The molecule has 0 aliphatic carbocycles. The number of carboxylic acid groups (broad SMARTS) is 3. The zero-order chi connectivity index (χ0) is 28.8. The second-order valence-electron chi connectivity index (χ2n) is 8.40. The molecule has 40 heavy (non-hydrogen) atoms. The first-order valence-corrected chi connectivity index (χ1v) is 11.7. The lowest BCUT2D eigenvalue weighted by Gasteiger charge is -2.08. The van der Waals surface area contributed by atoms with E-state index in [1.54, 1.807) is 30.3 Å². The Balaban J connectivity index is 0.000000185. The summed E-state index contributed by atoms with van der Waals surface area (Å²) >= 11 is 0. The molecule has 0 bridgehead atoms. The third kappa shape index (κ3) is 5.84. The molecule has 0 unspecified atom stereocenters. The Bertz CT molecular complexity index is 1790. The average molecular weight is 536 g/mol. The topological polar surface area (TPSA) is 155 Å². The summed E-state index contributed by atoms with van der Waals surface area (Å²) < 4.78 is 4.85. The van der Waals surface area contributed by atoms with Gasteiger partial charge in [-0.2, -0.15) is 0 Å². The summed E-state index contributed by atoms with van der Waals surface area (Å²) in [5.41, 5.74) is 1.03. The van der Waals surface area contributed by atoms with E-state index in [1.807, 2.05) is 60.7 Å². The minimum atomic E-state index is -1.84. The van der Waals surface area contributed by atoms with Gasteiger partial charge in [0, 0.05) is 5.56 Å². The van der Waals surface area contributed by atoms with Crippen LogP contribution < -0.4 is 4.74 Å². The molecule has 0 saturated heterocycles. The molecule has 5 rings (SSSR count). The van der Waals surface area contributed by atoms with Crippen molar-refractivity contribution < 1.29 is 44.0 Å². The minimum Gasteiger partial charge on any atom is -0.478 e. The van der Waals surface area contributed by atoms with Gasteiger partial charge in [0.1, 0.15) is 5.75 Å².